The van der Waals surface area contributed by atoms with Crippen LogP contribution >= 0.6 is 11.6 Å². The van der Waals surface area contributed by atoms with Crippen LogP contribution in [-0.4, -0.2) is 56.2 Å². The van der Waals surface area contributed by atoms with E-state index in [1.807, 2.05) is 24.3 Å². The fourth-order valence-electron chi connectivity index (χ4n) is 3.30. The van der Waals surface area contributed by atoms with Crippen molar-refractivity contribution in [2.24, 2.45) is 5.92 Å². The lowest BCUT2D eigenvalue weighted by Gasteiger charge is -2.30. The lowest BCUT2D eigenvalue weighted by Crippen LogP contribution is -2.42. The standard InChI is InChI=1S/C21H22ClNO6/c1-27-21(26)14-8-10-23(11-9-14)19(24)12-29-20(25)13-28-18-7-6-17(22)15-4-2-3-5-16(15)18/h2-7,14H,8-13H2,1H3. The second-order valence-corrected chi connectivity index (χ2v) is 7.13. The Labute approximate surface area is 173 Å². The minimum Gasteiger partial charge on any atom is -0.481 e. The van der Waals surface area contributed by atoms with Gasteiger partial charge in [0.2, 0.25) is 0 Å². The maximum Gasteiger partial charge on any atom is 0.344 e. The van der Waals surface area contributed by atoms with E-state index in [9.17, 15) is 14.4 Å². The van der Waals surface area contributed by atoms with E-state index in [2.05, 4.69) is 0 Å². The predicted molar refractivity (Wildman–Crippen MR) is 107 cm³/mol. The van der Waals surface area contributed by atoms with Gasteiger partial charge in [0.25, 0.3) is 5.91 Å². The molecule has 1 aliphatic rings. The number of methoxy groups -OCH3 is 1. The Morgan fingerprint density at radius 1 is 1.03 bits per heavy atom. The summed E-state index contributed by atoms with van der Waals surface area (Å²) in [6.45, 7) is 0.197. The molecule has 0 aromatic heterocycles. The minimum absolute atomic E-state index is 0.186. The van der Waals surface area contributed by atoms with Crippen LogP contribution in [0, 0.1) is 5.92 Å². The number of carbonyl (C=O) groups excluding carboxylic acids is 3. The van der Waals surface area contributed by atoms with Crippen LogP contribution in [0.2, 0.25) is 5.02 Å². The van der Waals surface area contributed by atoms with E-state index < -0.39 is 5.97 Å². The summed E-state index contributed by atoms with van der Waals surface area (Å²) in [6, 6.07) is 10.8. The summed E-state index contributed by atoms with van der Waals surface area (Å²) >= 11 is 6.17. The summed E-state index contributed by atoms with van der Waals surface area (Å²) < 4.78 is 15.3. The van der Waals surface area contributed by atoms with Crippen molar-refractivity contribution in [1.29, 1.82) is 0 Å². The molecule has 3 rings (SSSR count). The van der Waals surface area contributed by atoms with Crippen molar-refractivity contribution >= 4 is 40.2 Å². The number of ether oxygens (including phenoxy) is 3. The molecule has 29 heavy (non-hydrogen) atoms. The monoisotopic (exact) mass is 419 g/mol. The molecule has 1 fully saturated rings. The first kappa shape index (κ1) is 20.9. The van der Waals surface area contributed by atoms with Gasteiger partial charge in [0, 0.05) is 28.9 Å². The van der Waals surface area contributed by atoms with Gasteiger partial charge in [-0.15, -0.1) is 0 Å². The van der Waals surface area contributed by atoms with E-state index in [4.69, 9.17) is 25.8 Å². The molecule has 154 valence electrons. The first-order chi connectivity index (χ1) is 14.0. The molecule has 0 spiro atoms. The van der Waals surface area contributed by atoms with Gasteiger partial charge in [0.1, 0.15) is 5.75 Å². The van der Waals surface area contributed by atoms with Gasteiger partial charge in [-0.1, -0.05) is 35.9 Å². The van der Waals surface area contributed by atoms with Crippen molar-refractivity contribution in [2.75, 3.05) is 33.4 Å². The van der Waals surface area contributed by atoms with Crippen LogP contribution < -0.4 is 4.74 Å². The number of benzene rings is 2. The summed E-state index contributed by atoms with van der Waals surface area (Å²) in [5.74, 6) is -0.858. The van der Waals surface area contributed by atoms with Crippen LogP contribution in [0.15, 0.2) is 36.4 Å². The normalized spacial score (nSPS) is 14.5. The van der Waals surface area contributed by atoms with Crippen LogP contribution in [0.5, 0.6) is 5.75 Å². The highest BCUT2D eigenvalue weighted by atomic mass is 35.5. The molecular weight excluding hydrogens is 398 g/mol. The van der Waals surface area contributed by atoms with Gasteiger partial charge in [0.05, 0.1) is 13.0 Å². The number of nitrogens with zero attached hydrogens (tertiary/aromatic N) is 1. The fourth-order valence-corrected chi connectivity index (χ4v) is 3.53. The highest BCUT2D eigenvalue weighted by Crippen LogP contribution is 2.31. The number of esters is 2. The molecule has 0 radical (unpaired) electrons. The van der Waals surface area contributed by atoms with Crippen molar-refractivity contribution in [3.63, 3.8) is 0 Å². The van der Waals surface area contributed by atoms with Crippen LogP contribution in [0.3, 0.4) is 0 Å². The molecule has 2 aromatic rings. The van der Waals surface area contributed by atoms with Gasteiger partial charge >= 0.3 is 11.9 Å². The molecule has 0 unspecified atom stereocenters. The largest absolute Gasteiger partial charge is 0.481 e. The summed E-state index contributed by atoms with van der Waals surface area (Å²) in [5.41, 5.74) is 0. The zero-order chi connectivity index (χ0) is 20.8. The third kappa shape index (κ3) is 5.17. The van der Waals surface area contributed by atoms with Crippen molar-refractivity contribution in [3.05, 3.63) is 41.4 Å². The molecule has 1 amide bonds. The molecule has 8 heteroatoms. The number of halogens is 1. The maximum absolute atomic E-state index is 12.2. The van der Waals surface area contributed by atoms with Gasteiger partial charge in [-0.25, -0.2) is 4.79 Å². The Bertz CT molecular complexity index is 907. The van der Waals surface area contributed by atoms with Crippen molar-refractivity contribution in [2.45, 2.75) is 12.8 Å². The van der Waals surface area contributed by atoms with Crippen LogP contribution in [0.4, 0.5) is 0 Å². The Kier molecular flexibility index (Phi) is 6.93. The number of carbonyl (C=O) groups is 3. The van der Waals surface area contributed by atoms with Gasteiger partial charge in [-0.3, -0.25) is 9.59 Å². The summed E-state index contributed by atoms with van der Waals surface area (Å²) in [6.07, 6.45) is 1.08. The van der Waals surface area contributed by atoms with Crippen molar-refractivity contribution < 1.29 is 28.6 Å². The Morgan fingerprint density at radius 3 is 2.41 bits per heavy atom. The second-order valence-electron chi connectivity index (χ2n) is 6.72. The third-order valence-corrected chi connectivity index (χ3v) is 5.24. The van der Waals surface area contributed by atoms with Gasteiger partial charge in [0.15, 0.2) is 13.2 Å². The third-order valence-electron chi connectivity index (χ3n) is 4.92. The highest BCUT2D eigenvalue weighted by Gasteiger charge is 2.28. The predicted octanol–water partition coefficient (Wildman–Crippen LogP) is 2.83. The van der Waals surface area contributed by atoms with Crippen LogP contribution in [0.1, 0.15) is 12.8 Å². The minimum atomic E-state index is -0.637. The molecule has 7 nitrogen and oxygen atoms in total. The Morgan fingerprint density at radius 2 is 1.72 bits per heavy atom. The fraction of sp³-hybridized carbons (Fsp3) is 0.381. The molecule has 0 saturated carbocycles. The lowest BCUT2D eigenvalue weighted by atomic mass is 9.97. The SMILES string of the molecule is COC(=O)C1CCN(C(=O)COC(=O)COc2ccc(Cl)c3ccccc23)CC1. The number of fused-ring (bicyclic) bond motifs is 1. The summed E-state index contributed by atoms with van der Waals surface area (Å²) in [4.78, 5) is 37.3. The van der Waals surface area contributed by atoms with Gasteiger partial charge < -0.3 is 19.1 Å². The quantitative estimate of drug-likeness (QED) is 0.669. The maximum atomic E-state index is 12.2. The number of likely N-dealkylation sites (tertiary alicyclic amines) is 1. The second kappa shape index (κ2) is 9.60. The zero-order valence-corrected chi connectivity index (χ0v) is 16.8. The molecule has 0 aliphatic carbocycles. The van der Waals surface area contributed by atoms with E-state index in [-0.39, 0.29) is 31.0 Å². The number of piperidine rings is 1. The summed E-state index contributed by atoms with van der Waals surface area (Å²) in [5, 5.41) is 2.21. The average molecular weight is 420 g/mol. The van der Waals surface area contributed by atoms with E-state index in [1.165, 1.54) is 7.11 Å². The number of amides is 1. The molecular formula is C21H22ClNO6. The van der Waals surface area contributed by atoms with Crippen molar-refractivity contribution in [3.8, 4) is 5.75 Å². The first-order valence-corrected chi connectivity index (χ1v) is 9.68. The lowest BCUT2D eigenvalue weighted by molar-refractivity contribution is -0.155. The molecule has 0 N–H and O–H groups in total. The van der Waals surface area contributed by atoms with E-state index in [0.717, 1.165) is 10.8 Å². The number of hydrogen-bond acceptors (Lipinski definition) is 6. The Balaban J connectivity index is 1.46. The van der Waals surface area contributed by atoms with Crippen molar-refractivity contribution in [1.82, 2.24) is 4.90 Å². The molecule has 2 aromatic carbocycles. The first-order valence-electron chi connectivity index (χ1n) is 9.31. The van der Waals surface area contributed by atoms with E-state index >= 15 is 0 Å². The molecule has 1 saturated heterocycles. The Hall–Kier alpha value is -2.80. The van der Waals surface area contributed by atoms with E-state index in [0.29, 0.717) is 36.7 Å². The molecule has 0 bridgehead atoms. The van der Waals surface area contributed by atoms with Gasteiger partial charge in [-0.05, 0) is 25.0 Å². The van der Waals surface area contributed by atoms with Crippen LogP contribution in [0.25, 0.3) is 10.8 Å². The smallest absolute Gasteiger partial charge is 0.344 e. The topological polar surface area (TPSA) is 82.1 Å². The summed E-state index contributed by atoms with van der Waals surface area (Å²) in [7, 11) is 1.36. The molecule has 1 heterocycles. The molecule has 1 aliphatic heterocycles. The number of hydrogen-bond donors (Lipinski definition) is 0. The average Bonchev–Trinajstić information content (AvgIpc) is 2.76. The zero-order valence-electron chi connectivity index (χ0n) is 16.1. The molecule has 0 atom stereocenters. The van der Waals surface area contributed by atoms with Gasteiger partial charge in [-0.2, -0.15) is 0 Å². The number of rotatable bonds is 6. The van der Waals surface area contributed by atoms with Crippen LogP contribution in [-0.2, 0) is 23.9 Å². The van der Waals surface area contributed by atoms with E-state index in [1.54, 1.807) is 17.0 Å². The highest BCUT2D eigenvalue weighted by molar-refractivity contribution is 6.35.